The first-order valence-electron chi connectivity index (χ1n) is 9.92. The highest BCUT2D eigenvalue weighted by atomic mass is 35.5. The number of anilines is 1. The van der Waals surface area contributed by atoms with Crippen LogP contribution in [0.3, 0.4) is 0 Å². The molecule has 0 aliphatic carbocycles. The van der Waals surface area contributed by atoms with Crippen LogP contribution in [0, 0.1) is 6.92 Å². The van der Waals surface area contributed by atoms with Crippen LogP contribution in [-0.4, -0.2) is 36.0 Å². The van der Waals surface area contributed by atoms with Crippen molar-refractivity contribution in [3.05, 3.63) is 69.5 Å². The van der Waals surface area contributed by atoms with E-state index in [2.05, 4.69) is 10.4 Å². The molecule has 1 heterocycles. The highest BCUT2D eigenvalue weighted by Gasteiger charge is 2.20. The quantitative estimate of drug-likeness (QED) is 0.549. The summed E-state index contributed by atoms with van der Waals surface area (Å²) >= 11 is 6.08. The molecular weight excluding hydrogens is 434 g/mol. The number of hydrogen-bond donors (Lipinski definition) is 1. The molecule has 9 heteroatoms. The molecule has 1 aromatic heterocycles. The molecule has 0 aliphatic heterocycles. The summed E-state index contributed by atoms with van der Waals surface area (Å²) in [6, 6.07) is 13.0. The topological polar surface area (TPSA) is 91.7 Å². The third-order valence-electron chi connectivity index (χ3n) is 4.75. The van der Waals surface area contributed by atoms with Gasteiger partial charge in [0, 0.05) is 28.9 Å². The predicted molar refractivity (Wildman–Crippen MR) is 122 cm³/mol. The molecule has 168 valence electrons. The highest BCUT2D eigenvalue weighted by Crippen LogP contribution is 2.30. The van der Waals surface area contributed by atoms with Crippen molar-refractivity contribution in [1.82, 2.24) is 9.78 Å². The number of carbonyl (C=O) groups is 1. The van der Waals surface area contributed by atoms with Crippen molar-refractivity contribution in [2.45, 2.75) is 26.4 Å². The van der Waals surface area contributed by atoms with Gasteiger partial charge in [0.2, 0.25) is 5.88 Å². The number of halogens is 1. The van der Waals surface area contributed by atoms with E-state index in [4.69, 9.17) is 25.8 Å². The molecule has 3 aromatic rings. The fraction of sp³-hybridized carbons (Fsp3) is 0.261. The summed E-state index contributed by atoms with van der Waals surface area (Å²) < 4.78 is 17.5. The summed E-state index contributed by atoms with van der Waals surface area (Å²) in [7, 11) is 3.05. The normalized spacial score (nSPS) is 11.5. The third kappa shape index (κ3) is 5.20. The number of nitrogens with zero attached hydrogens (tertiary/aromatic N) is 2. The average molecular weight is 458 g/mol. The first kappa shape index (κ1) is 23.1. The Bertz CT molecular complexity index is 1180. The highest BCUT2D eigenvalue weighted by molar-refractivity contribution is 6.30. The molecular formula is C23H24ClN3O5. The Balaban J connectivity index is 1.82. The maximum atomic E-state index is 12.8. The van der Waals surface area contributed by atoms with Gasteiger partial charge < -0.3 is 19.5 Å². The van der Waals surface area contributed by atoms with Crippen LogP contribution in [0.15, 0.2) is 53.3 Å². The van der Waals surface area contributed by atoms with Gasteiger partial charge in [-0.2, -0.15) is 4.68 Å². The lowest BCUT2D eigenvalue weighted by Gasteiger charge is -2.18. The summed E-state index contributed by atoms with van der Waals surface area (Å²) in [6.07, 6.45) is -0.446. The number of amides is 1. The van der Waals surface area contributed by atoms with Gasteiger partial charge in [0.15, 0.2) is 17.6 Å². The Hall–Kier alpha value is -3.52. The largest absolute Gasteiger partial charge is 0.493 e. The Labute approximate surface area is 190 Å². The van der Waals surface area contributed by atoms with Crippen LogP contribution in [0.5, 0.6) is 17.4 Å². The maximum absolute atomic E-state index is 12.8. The van der Waals surface area contributed by atoms with E-state index >= 15 is 0 Å². The molecule has 0 saturated carbocycles. The SMILES string of the molecule is CC[C@H](Oc1ccc(=O)n(-c2cc(Cl)ccc2C)n1)C(=O)Nc1ccc(OC)c(OC)c1. The Morgan fingerprint density at radius 1 is 1.09 bits per heavy atom. The number of nitrogens with one attached hydrogen (secondary N) is 1. The minimum atomic E-state index is -0.831. The number of rotatable bonds is 8. The van der Waals surface area contributed by atoms with E-state index in [1.54, 1.807) is 36.4 Å². The van der Waals surface area contributed by atoms with Crippen LogP contribution in [0.25, 0.3) is 5.69 Å². The van der Waals surface area contributed by atoms with Crippen LogP contribution in [0.4, 0.5) is 5.69 Å². The van der Waals surface area contributed by atoms with Gasteiger partial charge in [-0.1, -0.05) is 24.6 Å². The lowest BCUT2D eigenvalue weighted by molar-refractivity contribution is -0.123. The van der Waals surface area contributed by atoms with Gasteiger partial charge in [0.05, 0.1) is 19.9 Å². The van der Waals surface area contributed by atoms with Gasteiger partial charge in [-0.15, -0.1) is 5.10 Å². The molecule has 0 bridgehead atoms. The Kier molecular flexibility index (Phi) is 7.37. The molecule has 1 N–H and O–H groups in total. The number of methoxy groups -OCH3 is 2. The monoisotopic (exact) mass is 457 g/mol. The van der Waals surface area contributed by atoms with E-state index < -0.39 is 6.10 Å². The molecule has 0 saturated heterocycles. The second kappa shape index (κ2) is 10.2. The molecule has 1 atom stereocenters. The van der Waals surface area contributed by atoms with E-state index in [-0.39, 0.29) is 17.3 Å². The molecule has 0 unspecified atom stereocenters. The lowest BCUT2D eigenvalue weighted by atomic mass is 10.2. The lowest BCUT2D eigenvalue weighted by Crippen LogP contribution is -2.33. The Morgan fingerprint density at radius 2 is 1.84 bits per heavy atom. The number of hydrogen-bond acceptors (Lipinski definition) is 6. The van der Waals surface area contributed by atoms with Crippen molar-refractivity contribution in [2.75, 3.05) is 19.5 Å². The summed E-state index contributed by atoms with van der Waals surface area (Å²) in [5.41, 5.74) is 1.54. The molecule has 32 heavy (non-hydrogen) atoms. The summed E-state index contributed by atoms with van der Waals surface area (Å²) in [5, 5.41) is 7.56. The van der Waals surface area contributed by atoms with E-state index in [1.807, 2.05) is 13.8 Å². The van der Waals surface area contributed by atoms with Crippen molar-refractivity contribution >= 4 is 23.2 Å². The first-order valence-corrected chi connectivity index (χ1v) is 10.3. The summed E-state index contributed by atoms with van der Waals surface area (Å²) in [4.78, 5) is 25.2. The predicted octanol–water partition coefficient (Wildman–Crippen LogP) is 4.01. The second-order valence-corrected chi connectivity index (χ2v) is 7.36. The molecule has 1 amide bonds. The minimum absolute atomic E-state index is 0.137. The average Bonchev–Trinajstić information content (AvgIpc) is 2.79. The van der Waals surface area contributed by atoms with E-state index in [9.17, 15) is 9.59 Å². The standard InChI is InChI=1S/C23H24ClN3O5/c1-5-18(23(29)25-16-8-9-19(30-3)20(13-16)31-4)32-21-10-11-22(28)27(26-21)17-12-15(24)7-6-14(17)2/h6-13,18H,5H2,1-4H3,(H,25,29)/t18-/m0/s1. The zero-order chi connectivity index (χ0) is 23.3. The van der Waals surface area contributed by atoms with Gasteiger partial charge in [0.25, 0.3) is 11.5 Å². The van der Waals surface area contributed by atoms with Crippen LogP contribution in [-0.2, 0) is 4.79 Å². The van der Waals surface area contributed by atoms with Gasteiger partial charge in [-0.05, 0) is 43.2 Å². The van der Waals surface area contributed by atoms with Crippen molar-refractivity contribution in [1.29, 1.82) is 0 Å². The molecule has 2 aromatic carbocycles. The van der Waals surface area contributed by atoms with Crippen molar-refractivity contribution in [3.8, 4) is 23.1 Å². The van der Waals surface area contributed by atoms with E-state index in [1.165, 1.54) is 31.0 Å². The van der Waals surface area contributed by atoms with Crippen LogP contribution in [0.2, 0.25) is 5.02 Å². The van der Waals surface area contributed by atoms with Gasteiger partial charge in [0.1, 0.15) is 0 Å². The molecule has 8 nitrogen and oxygen atoms in total. The van der Waals surface area contributed by atoms with Crippen LogP contribution < -0.4 is 25.1 Å². The van der Waals surface area contributed by atoms with Crippen LogP contribution >= 0.6 is 11.6 Å². The number of aromatic nitrogens is 2. The van der Waals surface area contributed by atoms with Crippen molar-refractivity contribution in [2.24, 2.45) is 0 Å². The van der Waals surface area contributed by atoms with E-state index in [0.29, 0.717) is 34.3 Å². The number of carbonyl (C=O) groups excluding carboxylic acids is 1. The van der Waals surface area contributed by atoms with Gasteiger partial charge >= 0.3 is 0 Å². The fourth-order valence-electron chi connectivity index (χ4n) is 3.05. The number of ether oxygens (including phenoxy) is 3. The number of aryl methyl sites for hydroxylation is 1. The van der Waals surface area contributed by atoms with Gasteiger partial charge in [-0.25, -0.2) is 0 Å². The molecule has 0 radical (unpaired) electrons. The van der Waals surface area contributed by atoms with Crippen molar-refractivity contribution in [3.63, 3.8) is 0 Å². The summed E-state index contributed by atoms with van der Waals surface area (Å²) in [5.74, 6) is 0.818. The molecule has 0 fully saturated rings. The number of benzene rings is 2. The summed E-state index contributed by atoms with van der Waals surface area (Å²) in [6.45, 7) is 3.66. The first-order chi connectivity index (χ1) is 15.4. The minimum Gasteiger partial charge on any atom is -0.493 e. The molecule has 0 spiro atoms. The maximum Gasteiger partial charge on any atom is 0.271 e. The zero-order valence-corrected chi connectivity index (χ0v) is 19.0. The zero-order valence-electron chi connectivity index (χ0n) is 18.2. The van der Waals surface area contributed by atoms with Gasteiger partial charge in [-0.3, -0.25) is 9.59 Å². The third-order valence-corrected chi connectivity index (χ3v) is 4.99. The van der Waals surface area contributed by atoms with Crippen molar-refractivity contribution < 1.29 is 19.0 Å². The Morgan fingerprint density at radius 3 is 2.53 bits per heavy atom. The molecule has 0 aliphatic rings. The molecule has 3 rings (SSSR count). The fourth-order valence-corrected chi connectivity index (χ4v) is 3.21. The van der Waals surface area contributed by atoms with Crippen LogP contribution in [0.1, 0.15) is 18.9 Å². The second-order valence-electron chi connectivity index (χ2n) is 6.93. The smallest absolute Gasteiger partial charge is 0.271 e. The van der Waals surface area contributed by atoms with E-state index in [0.717, 1.165) is 5.56 Å².